The van der Waals surface area contributed by atoms with Gasteiger partial charge in [-0.3, -0.25) is 13.9 Å². The highest BCUT2D eigenvalue weighted by atomic mass is 79.9. The zero-order chi connectivity index (χ0) is 26.6. The maximum atomic E-state index is 13.6. The van der Waals surface area contributed by atoms with Crippen molar-refractivity contribution in [2.45, 2.75) is 45.8 Å². The quantitative estimate of drug-likeness (QED) is 0.474. The predicted molar refractivity (Wildman–Crippen MR) is 142 cm³/mol. The molecule has 0 unspecified atom stereocenters. The van der Waals surface area contributed by atoms with Crippen LogP contribution < -0.4 is 14.4 Å². The monoisotopic (exact) mass is 587 g/mol. The molecule has 0 fully saturated rings. The molecule has 0 heterocycles. The van der Waals surface area contributed by atoms with Crippen LogP contribution in [0.5, 0.6) is 5.75 Å². The molecule has 11 heteroatoms. The highest BCUT2D eigenvalue weighted by molar-refractivity contribution is 9.10. The van der Waals surface area contributed by atoms with Crippen LogP contribution in [0.15, 0.2) is 46.9 Å². The number of amides is 2. The third kappa shape index (κ3) is 8.40. The summed E-state index contributed by atoms with van der Waals surface area (Å²) in [5, 5.41) is 3.16. The van der Waals surface area contributed by atoms with Crippen LogP contribution in [0.2, 0.25) is 5.02 Å². The highest BCUT2D eigenvalue weighted by Gasteiger charge is 2.32. The molecule has 35 heavy (non-hydrogen) atoms. The summed E-state index contributed by atoms with van der Waals surface area (Å²) in [6, 6.07) is 11.0. The van der Waals surface area contributed by atoms with Crippen LogP contribution in [0.3, 0.4) is 0 Å². The number of methoxy groups -OCH3 is 1. The third-order valence-corrected chi connectivity index (χ3v) is 6.85. The molecule has 0 bridgehead atoms. The maximum Gasteiger partial charge on any atom is 0.244 e. The minimum Gasteiger partial charge on any atom is -0.495 e. The van der Waals surface area contributed by atoms with Crippen molar-refractivity contribution in [2.75, 3.05) is 24.2 Å². The lowest BCUT2D eigenvalue weighted by molar-refractivity contribution is -0.140. The van der Waals surface area contributed by atoms with Gasteiger partial charge < -0.3 is 15.0 Å². The molecule has 1 N–H and O–H groups in total. The number of rotatable bonds is 9. The van der Waals surface area contributed by atoms with Crippen molar-refractivity contribution in [3.05, 3.63) is 57.5 Å². The van der Waals surface area contributed by atoms with Gasteiger partial charge in [0.2, 0.25) is 21.8 Å². The first-order valence-corrected chi connectivity index (χ1v) is 13.8. The number of carbonyl (C=O) groups is 2. The van der Waals surface area contributed by atoms with Crippen LogP contribution in [0, 0.1) is 0 Å². The van der Waals surface area contributed by atoms with Crippen molar-refractivity contribution in [1.29, 1.82) is 0 Å². The number of hydrogen-bond donors (Lipinski definition) is 1. The number of benzene rings is 2. The normalized spacial score (nSPS) is 12.6. The zero-order valence-electron chi connectivity index (χ0n) is 20.6. The Morgan fingerprint density at radius 2 is 1.83 bits per heavy atom. The number of nitrogens with one attached hydrogen (secondary N) is 1. The molecule has 0 saturated carbocycles. The minimum absolute atomic E-state index is 0.0985. The average Bonchev–Trinajstić information content (AvgIpc) is 2.73. The van der Waals surface area contributed by atoms with Crippen molar-refractivity contribution in [3.8, 4) is 5.75 Å². The number of nitrogens with zero attached hydrogens (tertiary/aromatic N) is 2. The summed E-state index contributed by atoms with van der Waals surface area (Å²) < 4.78 is 32.5. The molecule has 0 aliphatic rings. The molecule has 0 aromatic heterocycles. The van der Waals surface area contributed by atoms with Crippen LogP contribution in [0.1, 0.15) is 33.3 Å². The fraction of sp³-hybridized carbons (Fsp3) is 0.417. The molecule has 0 spiro atoms. The van der Waals surface area contributed by atoms with E-state index in [1.165, 1.54) is 24.1 Å². The van der Waals surface area contributed by atoms with Gasteiger partial charge in [-0.05, 0) is 63.6 Å². The molecule has 8 nitrogen and oxygen atoms in total. The van der Waals surface area contributed by atoms with Gasteiger partial charge in [-0.1, -0.05) is 39.7 Å². The number of sulfonamides is 1. The van der Waals surface area contributed by atoms with E-state index in [0.717, 1.165) is 20.6 Å². The predicted octanol–water partition coefficient (Wildman–Crippen LogP) is 4.21. The third-order valence-electron chi connectivity index (χ3n) is 5.00. The summed E-state index contributed by atoms with van der Waals surface area (Å²) in [5.41, 5.74) is 0.391. The number of carbonyl (C=O) groups excluding carboxylic acids is 2. The molecule has 0 saturated heterocycles. The topological polar surface area (TPSA) is 96.0 Å². The molecule has 2 aromatic rings. The number of anilines is 1. The standard InChI is InChI=1S/C24H31BrClN3O5S/c1-16(23(31)27-24(2,3)4)28(14-17-8-7-9-18(25)12-17)22(30)15-29(35(6,32)33)20-13-19(26)10-11-21(20)34-5/h7-13,16H,14-15H2,1-6H3,(H,27,31)/t16-/m1/s1. The van der Waals surface area contributed by atoms with Crippen LogP contribution >= 0.6 is 27.5 Å². The van der Waals surface area contributed by atoms with Crippen molar-refractivity contribution in [3.63, 3.8) is 0 Å². The molecule has 0 aliphatic carbocycles. The largest absolute Gasteiger partial charge is 0.495 e. The molecule has 2 aromatic carbocycles. The Morgan fingerprint density at radius 3 is 2.37 bits per heavy atom. The Balaban J connectivity index is 2.48. The summed E-state index contributed by atoms with van der Waals surface area (Å²) in [6.07, 6.45) is 0.995. The van der Waals surface area contributed by atoms with Gasteiger partial charge in [0.05, 0.1) is 19.1 Å². The second-order valence-electron chi connectivity index (χ2n) is 9.15. The van der Waals surface area contributed by atoms with Crippen molar-refractivity contribution in [2.24, 2.45) is 0 Å². The second kappa shape index (κ2) is 11.6. The van der Waals surface area contributed by atoms with E-state index in [-0.39, 0.29) is 28.9 Å². The first-order valence-electron chi connectivity index (χ1n) is 10.8. The molecule has 0 radical (unpaired) electrons. The number of hydrogen-bond acceptors (Lipinski definition) is 5. The Hall–Kier alpha value is -2.30. The van der Waals surface area contributed by atoms with Gasteiger partial charge >= 0.3 is 0 Å². The van der Waals surface area contributed by atoms with E-state index in [0.29, 0.717) is 0 Å². The van der Waals surface area contributed by atoms with Gasteiger partial charge in [0.1, 0.15) is 18.3 Å². The lowest BCUT2D eigenvalue weighted by Crippen LogP contribution is -2.54. The van der Waals surface area contributed by atoms with Gasteiger partial charge in [0.25, 0.3) is 0 Å². The summed E-state index contributed by atoms with van der Waals surface area (Å²) >= 11 is 9.53. The van der Waals surface area contributed by atoms with Crippen LogP contribution in [-0.4, -0.2) is 56.6 Å². The van der Waals surface area contributed by atoms with E-state index in [2.05, 4.69) is 21.2 Å². The van der Waals surface area contributed by atoms with Gasteiger partial charge in [0.15, 0.2) is 0 Å². The maximum absolute atomic E-state index is 13.6. The number of ether oxygens (including phenoxy) is 1. The Bertz CT molecular complexity index is 1180. The fourth-order valence-electron chi connectivity index (χ4n) is 3.34. The van der Waals surface area contributed by atoms with E-state index in [1.807, 2.05) is 45.0 Å². The smallest absolute Gasteiger partial charge is 0.244 e. The van der Waals surface area contributed by atoms with Crippen molar-refractivity contribution in [1.82, 2.24) is 10.2 Å². The van der Waals surface area contributed by atoms with Gasteiger partial charge in [-0.25, -0.2) is 8.42 Å². The first-order chi connectivity index (χ1) is 16.1. The summed E-state index contributed by atoms with van der Waals surface area (Å²) in [6.45, 7) is 6.69. The molecular formula is C24H31BrClN3O5S. The second-order valence-corrected chi connectivity index (χ2v) is 12.4. The molecule has 192 valence electrons. The van der Waals surface area contributed by atoms with Crippen LogP contribution in [0.25, 0.3) is 0 Å². The SMILES string of the molecule is COc1ccc(Cl)cc1N(CC(=O)N(Cc1cccc(Br)c1)[C@H](C)C(=O)NC(C)(C)C)S(C)(=O)=O. The van der Waals surface area contributed by atoms with E-state index in [9.17, 15) is 18.0 Å². The van der Waals surface area contributed by atoms with Gasteiger partial charge in [-0.2, -0.15) is 0 Å². The highest BCUT2D eigenvalue weighted by Crippen LogP contribution is 2.33. The van der Waals surface area contributed by atoms with Crippen molar-refractivity contribution >= 4 is 55.1 Å². The van der Waals surface area contributed by atoms with Gasteiger partial charge in [0, 0.05) is 21.6 Å². The zero-order valence-corrected chi connectivity index (χ0v) is 23.8. The molecule has 2 rings (SSSR count). The molecule has 0 aliphatic heterocycles. The summed E-state index contributed by atoms with van der Waals surface area (Å²) in [4.78, 5) is 27.9. The summed E-state index contributed by atoms with van der Waals surface area (Å²) in [5.74, 6) is -0.675. The lowest BCUT2D eigenvalue weighted by Gasteiger charge is -2.33. The average molecular weight is 589 g/mol. The summed E-state index contributed by atoms with van der Waals surface area (Å²) in [7, 11) is -2.51. The van der Waals surface area contributed by atoms with E-state index >= 15 is 0 Å². The van der Waals surface area contributed by atoms with E-state index in [1.54, 1.807) is 13.0 Å². The Labute approximate surface area is 220 Å². The number of halogens is 2. The van der Waals surface area contributed by atoms with Gasteiger partial charge in [-0.15, -0.1) is 0 Å². The minimum atomic E-state index is -3.91. The Morgan fingerprint density at radius 1 is 1.17 bits per heavy atom. The molecular weight excluding hydrogens is 558 g/mol. The van der Waals surface area contributed by atoms with E-state index in [4.69, 9.17) is 16.3 Å². The Kier molecular flexibility index (Phi) is 9.61. The van der Waals surface area contributed by atoms with E-state index < -0.39 is 34.1 Å². The molecule has 2 amide bonds. The lowest BCUT2D eigenvalue weighted by atomic mass is 10.1. The molecule has 1 atom stereocenters. The van der Waals surface area contributed by atoms with Crippen LogP contribution in [0.4, 0.5) is 5.69 Å². The van der Waals surface area contributed by atoms with Crippen molar-refractivity contribution < 1.29 is 22.7 Å². The van der Waals surface area contributed by atoms with Crippen LogP contribution in [-0.2, 0) is 26.2 Å². The fourth-order valence-corrected chi connectivity index (χ4v) is 4.80. The first kappa shape index (κ1) is 28.9.